The van der Waals surface area contributed by atoms with Crippen LogP contribution in [0, 0.1) is 11.6 Å². The van der Waals surface area contributed by atoms with Gasteiger partial charge >= 0.3 is 0 Å². The van der Waals surface area contributed by atoms with E-state index in [0.29, 0.717) is 5.56 Å². The van der Waals surface area contributed by atoms with Crippen LogP contribution in [-0.4, -0.2) is 21.4 Å². The molecule has 0 unspecified atom stereocenters. The number of aromatic nitrogens is 2. The second-order valence-electron chi connectivity index (χ2n) is 5.93. The van der Waals surface area contributed by atoms with Crippen LogP contribution in [0.2, 0.25) is 5.02 Å². The van der Waals surface area contributed by atoms with Crippen molar-refractivity contribution in [2.45, 2.75) is 6.54 Å². The molecule has 29 heavy (non-hydrogen) atoms. The molecule has 0 saturated heterocycles. The van der Waals surface area contributed by atoms with Crippen molar-refractivity contribution in [1.29, 1.82) is 0 Å². The summed E-state index contributed by atoms with van der Waals surface area (Å²) in [6.45, 7) is -0.533. The first kappa shape index (κ1) is 20.2. The lowest BCUT2D eigenvalue weighted by Gasteiger charge is -2.13. The van der Waals surface area contributed by atoms with Gasteiger partial charge in [-0.2, -0.15) is 0 Å². The van der Waals surface area contributed by atoms with E-state index < -0.39 is 41.1 Å². The molecule has 0 aliphatic rings. The van der Waals surface area contributed by atoms with Crippen LogP contribution in [0.15, 0.2) is 53.5 Å². The Kier molecular flexibility index (Phi) is 5.69. The highest BCUT2D eigenvalue weighted by atomic mass is 35.5. The van der Waals surface area contributed by atoms with Crippen molar-refractivity contribution >= 4 is 29.1 Å². The van der Waals surface area contributed by atoms with E-state index >= 15 is 0 Å². The number of nitrogens with two attached hydrogens (primary N) is 1. The number of hydrogen-bond acceptors (Lipinski definition) is 4. The fourth-order valence-corrected chi connectivity index (χ4v) is 2.74. The van der Waals surface area contributed by atoms with E-state index in [4.69, 9.17) is 17.3 Å². The van der Waals surface area contributed by atoms with Crippen LogP contribution in [0.1, 0.15) is 10.4 Å². The summed E-state index contributed by atoms with van der Waals surface area (Å²) in [5.74, 6) is -2.79. The molecule has 0 spiro atoms. The molecule has 148 valence electrons. The maximum absolute atomic E-state index is 13.3. The molecule has 0 aliphatic carbocycles. The molecule has 3 rings (SSSR count). The Morgan fingerprint density at radius 1 is 1.14 bits per heavy atom. The summed E-state index contributed by atoms with van der Waals surface area (Å²) >= 11 is 5.68. The number of carbonyl (C=O) groups excluding carboxylic acids is 2. The maximum atomic E-state index is 13.3. The number of hydrogen-bond donors (Lipinski definition) is 2. The van der Waals surface area contributed by atoms with Gasteiger partial charge in [-0.1, -0.05) is 11.6 Å². The van der Waals surface area contributed by atoms with Crippen LogP contribution in [0.4, 0.5) is 14.5 Å². The van der Waals surface area contributed by atoms with Crippen molar-refractivity contribution in [3.63, 3.8) is 0 Å². The molecule has 2 amide bonds. The molecular weight excluding hydrogens is 406 g/mol. The fraction of sp³-hybridized carbons (Fsp3) is 0.0526. The van der Waals surface area contributed by atoms with Gasteiger partial charge in [0.15, 0.2) is 0 Å². The van der Waals surface area contributed by atoms with Crippen molar-refractivity contribution in [2.24, 2.45) is 5.73 Å². The zero-order valence-corrected chi connectivity index (χ0v) is 15.4. The highest BCUT2D eigenvalue weighted by Crippen LogP contribution is 2.20. The lowest BCUT2D eigenvalue weighted by molar-refractivity contribution is -0.116. The summed E-state index contributed by atoms with van der Waals surface area (Å²) in [7, 11) is 0. The Hall–Kier alpha value is -3.59. The maximum Gasteiger partial charge on any atom is 0.267 e. The van der Waals surface area contributed by atoms with E-state index in [0.717, 1.165) is 29.0 Å². The number of nitrogens with one attached hydrogen (secondary N) is 1. The second kappa shape index (κ2) is 8.19. The van der Waals surface area contributed by atoms with Crippen molar-refractivity contribution in [1.82, 2.24) is 9.55 Å². The quantitative estimate of drug-likeness (QED) is 0.664. The van der Waals surface area contributed by atoms with Crippen molar-refractivity contribution in [3.05, 3.63) is 81.2 Å². The molecule has 1 aromatic heterocycles. The second-order valence-corrected chi connectivity index (χ2v) is 6.34. The predicted molar refractivity (Wildman–Crippen MR) is 102 cm³/mol. The molecule has 2 aromatic carbocycles. The minimum atomic E-state index is -1.01. The van der Waals surface area contributed by atoms with Gasteiger partial charge in [0.25, 0.3) is 11.5 Å². The predicted octanol–water partition coefficient (Wildman–Crippen LogP) is 2.58. The van der Waals surface area contributed by atoms with Gasteiger partial charge in [-0.3, -0.25) is 19.0 Å². The van der Waals surface area contributed by atoms with Crippen molar-refractivity contribution < 1.29 is 18.4 Å². The normalized spacial score (nSPS) is 10.6. The van der Waals surface area contributed by atoms with Crippen molar-refractivity contribution in [3.8, 4) is 11.4 Å². The molecule has 0 fully saturated rings. The zero-order chi connectivity index (χ0) is 21.1. The molecule has 0 atom stereocenters. The van der Waals surface area contributed by atoms with Crippen LogP contribution in [0.25, 0.3) is 11.4 Å². The Morgan fingerprint density at radius 2 is 1.83 bits per heavy atom. The first-order valence-corrected chi connectivity index (χ1v) is 8.54. The van der Waals surface area contributed by atoms with Crippen LogP contribution in [-0.2, 0) is 11.3 Å². The Bertz CT molecular complexity index is 1160. The first-order valence-electron chi connectivity index (χ1n) is 8.16. The average molecular weight is 419 g/mol. The van der Waals surface area contributed by atoms with Gasteiger partial charge in [-0.25, -0.2) is 13.8 Å². The molecule has 3 N–H and O–H groups in total. The lowest BCUT2D eigenvalue weighted by Crippen LogP contribution is -2.34. The number of benzene rings is 2. The van der Waals surface area contributed by atoms with Gasteiger partial charge in [0, 0.05) is 17.4 Å². The molecule has 3 aromatic rings. The molecular formula is C19H13ClF2N4O3. The zero-order valence-electron chi connectivity index (χ0n) is 14.7. The molecule has 1 heterocycles. The topological polar surface area (TPSA) is 107 Å². The largest absolute Gasteiger partial charge is 0.365 e. The summed E-state index contributed by atoms with van der Waals surface area (Å²) < 4.78 is 27.4. The number of rotatable bonds is 5. The standard InChI is InChI=1S/C19H13ClF2N4O3/c20-14-7-12(5-6-15(14)22)25-16(27)9-26-18(10-1-3-11(21)4-2-10)24-8-13(17(23)28)19(26)29/h1-8H,9H2,(H2,23,28)(H,25,27). The number of primary amides is 1. The Balaban J connectivity index is 1.99. The molecule has 0 aliphatic heterocycles. The third-order valence-electron chi connectivity index (χ3n) is 3.92. The monoisotopic (exact) mass is 418 g/mol. The summed E-state index contributed by atoms with van der Waals surface area (Å²) in [6.07, 6.45) is 0.998. The minimum Gasteiger partial charge on any atom is -0.365 e. The molecule has 0 bridgehead atoms. The summed E-state index contributed by atoms with van der Waals surface area (Å²) in [5, 5.41) is 2.28. The van der Waals surface area contributed by atoms with Crippen LogP contribution < -0.4 is 16.6 Å². The molecule has 0 saturated carbocycles. The number of nitrogens with zero attached hydrogens (tertiary/aromatic N) is 2. The van der Waals surface area contributed by atoms with E-state index in [1.807, 2.05) is 0 Å². The highest BCUT2D eigenvalue weighted by molar-refractivity contribution is 6.31. The van der Waals surface area contributed by atoms with E-state index in [1.165, 1.54) is 24.3 Å². The highest BCUT2D eigenvalue weighted by Gasteiger charge is 2.18. The molecule has 7 nitrogen and oxygen atoms in total. The van der Waals surface area contributed by atoms with Gasteiger partial charge in [-0.05, 0) is 42.5 Å². The third-order valence-corrected chi connectivity index (χ3v) is 4.21. The Morgan fingerprint density at radius 3 is 2.45 bits per heavy atom. The summed E-state index contributed by atoms with van der Waals surface area (Å²) in [4.78, 5) is 40.6. The van der Waals surface area contributed by atoms with Crippen LogP contribution in [0.5, 0.6) is 0 Å². The fourth-order valence-electron chi connectivity index (χ4n) is 2.56. The minimum absolute atomic E-state index is 0.0345. The van der Waals surface area contributed by atoms with Crippen LogP contribution >= 0.6 is 11.6 Å². The van der Waals surface area contributed by atoms with E-state index in [-0.39, 0.29) is 16.5 Å². The van der Waals surface area contributed by atoms with E-state index in [2.05, 4.69) is 10.3 Å². The first-order chi connectivity index (χ1) is 13.8. The Labute approximate surface area is 167 Å². The van der Waals surface area contributed by atoms with Gasteiger partial charge < -0.3 is 11.1 Å². The number of amides is 2. The average Bonchev–Trinajstić information content (AvgIpc) is 2.67. The lowest BCUT2D eigenvalue weighted by atomic mass is 10.2. The molecule has 0 radical (unpaired) electrons. The van der Waals surface area contributed by atoms with Gasteiger partial charge in [0.05, 0.1) is 5.02 Å². The number of halogens is 3. The van der Waals surface area contributed by atoms with E-state index in [1.54, 1.807) is 0 Å². The summed E-state index contributed by atoms with van der Waals surface area (Å²) in [6, 6.07) is 8.63. The number of carbonyl (C=O) groups is 2. The summed E-state index contributed by atoms with van der Waals surface area (Å²) in [5.41, 5.74) is 4.49. The van der Waals surface area contributed by atoms with Gasteiger partial charge in [-0.15, -0.1) is 0 Å². The van der Waals surface area contributed by atoms with Gasteiger partial charge in [0.1, 0.15) is 29.6 Å². The SMILES string of the molecule is NC(=O)c1cnc(-c2ccc(F)cc2)n(CC(=O)Nc2ccc(F)c(Cl)c2)c1=O. The smallest absolute Gasteiger partial charge is 0.267 e. The molecule has 10 heteroatoms. The van der Waals surface area contributed by atoms with Crippen molar-refractivity contribution in [2.75, 3.05) is 5.32 Å². The van der Waals surface area contributed by atoms with Crippen LogP contribution in [0.3, 0.4) is 0 Å². The number of anilines is 1. The van der Waals surface area contributed by atoms with E-state index in [9.17, 15) is 23.2 Å². The van der Waals surface area contributed by atoms with Gasteiger partial charge in [0.2, 0.25) is 5.91 Å². The third kappa shape index (κ3) is 4.46.